The summed E-state index contributed by atoms with van der Waals surface area (Å²) < 4.78 is 0.894. The van der Waals surface area contributed by atoms with Crippen molar-refractivity contribution in [3.63, 3.8) is 0 Å². The molecular formula is C14H11BrO3S. The Balaban J connectivity index is 2.33. The van der Waals surface area contributed by atoms with E-state index in [1.54, 1.807) is 37.3 Å². The van der Waals surface area contributed by atoms with Crippen molar-refractivity contribution in [2.75, 3.05) is 0 Å². The van der Waals surface area contributed by atoms with Crippen LogP contribution in [0.2, 0.25) is 0 Å². The third kappa shape index (κ3) is 3.11. The number of carbonyl (C=O) groups excluding carboxylic acids is 1. The number of benzene rings is 1. The number of hydrogen-bond acceptors (Lipinski definition) is 3. The zero-order valence-corrected chi connectivity index (χ0v) is 12.5. The zero-order chi connectivity index (χ0) is 14.0. The summed E-state index contributed by atoms with van der Waals surface area (Å²) in [5.74, 6) is -1.61. The van der Waals surface area contributed by atoms with E-state index in [1.165, 1.54) is 11.3 Å². The number of hydrogen-bond donors (Lipinski definition) is 1. The minimum atomic E-state index is -0.900. The average Bonchev–Trinajstić information content (AvgIpc) is 2.83. The SMILES string of the molecule is CC(C(=O)O)c1cccc(C(=O)c2ccc(Br)s2)c1. The molecule has 0 fully saturated rings. The van der Waals surface area contributed by atoms with Crippen molar-refractivity contribution in [3.8, 4) is 0 Å². The Kier molecular flexibility index (Phi) is 4.17. The molecule has 98 valence electrons. The van der Waals surface area contributed by atoms with Crippen LogP contribution in [-0.4, -0.2) is 16.9 Å². The van der Waals surface area contributed by atoms with Crippen LogP contribution >= 0.6 is 27.3 Å². The van der Waals surface area contributed by atoms with Gasteiger partial charge in [0.05, 0.1) is 14.6 Å². The van der Waals surface area contributed by atoms with E-state index >= 15 is 0 Å². The molecule has 5 heteroatoms. The van der Waals surface area contributed by atoms with Gasteiger partial charge in [-0.3, -0.25) is 9.59 Å². The van der Waals surface area contributed by atoms with Gasteiger partial charge in [-0.2, -0.15) is 0 Å². The fourth-order valence-electron chi connectivity index (χ4n) is 1.67. The fraction of sp³-hybridized carbons (Fsp3) is 0.143. The summed E-state index contributed by atoms with van der Waals surface area (Å²) in [6.07, 6.45) is 0. The van der Waals surface area contributed by atoms with E-state index in [2.05, 4.69) is 15.9 Å². The molecule has 1 aromatic carbocycles. The second kappa shape index (κ2) is 5.67. The highest BCUT2D eigenvalue weighted by Crippen LogP contribution is 2.25. The molecule has 0 saturated heterocycles. The number of aliphatic carboxylic acids is 1. The Morgan fingerprint density at radius 1 is 1.26 bits per heavy atom. The highest BCUT2D eigenvalue weighted by molar-refractivity contribution is 9.11. The van der Waals surface area contributed by atoms with Gasteiger partial charge in [0.1, 0.15) is 0 Å². The third-order valence-electron chi connectivity index (χ3n) is 2.82. The van der Waals surface area contributed by atoms with Crippen LogP contribution in [0.4, 0.5) is 0 Å². The van der Waals surface area contributed by atoms with Crippen molar-refractivity contribution < 1.29 is 14.7 Å². The normalized spacial score (nSPS) is 12.1. The summed E-state index contributed by atoms with van der Waals surface area (Å²) in [4.78, 5) is 23.8. The molecule has 1 heterocycles. The summed E-state index contributed by atoms with van der Waals surface area (Å²) in [5.41, 5.74) is 1.15. The smallest absolute Gasteiger partial charge is 0.310 e. The van der Waals surface area contributed by atoms with E-state index in [0.717, 1.165) is 3.79 Å². The molecule has 0 saturated carbocycles. The van der Waals surface area contributed by atoms with Gasteiger partial charge in [-0.05, 0) is 46.6 Å². The molecular weight excluding hydrogens is 328 g/mol. The summed E-state index contributed by atoms with van der Waals surface area (Å²) in [6.45, 7) is 1.60. The standard InChI is InChI=1S/C14H11BrO3S/c1-8(14(17)18)9-3-2-4-10(7-9)13(16)11-5-6-12(15)19-11/h2-8H,1H3,(H,17,18). The topological polar surface area (TPSA) is 54.4 Å². The predicted molar refractivity (Wildman–Crippen MR) is 77.9 cm³/mol. The van der Waals surface area contributed by atoms with Crippen molar-refractivity contribution in [2.24, 2.45) is 0 Å². The number of ketones is 1. The maximum absolute atomic E-state index is 12.2. The van der Waals surface area contributed by atoms with Crippen molar-refractivity contribution in [2.45, 2.75) is 12.8 Å². The Hall–Kier alpha value is -1.46. The van der Waals surface area contributed by atoms with Gasteiger partial charge in [0.25, 0.3) is 0 Å². The Morgan fingerprint density at radius 2 is 2.00 bits per heavy atom. The predicted octanol–water partition coefficient (Wildman–Crippen LogP) is 3.93. The molecule has 19 heavy (non-hydrogen) atoms. The number of carboxylic acid groups (broad SMARTS) is 1. The molecule has 1 aromatic heterocycles. The van der Waals surface area contributed by atoms with E-state index < -0.39 is 11.9 Å². The number of rotatable bonds is 4. The van der Waals surface area contributed by atoms with Crippen LogP contribution in [0.15, 0.2) is 40.2 Å². The van der Waals surface area contributed by atoms with Crippen molar-refractivity contribution >= 4 is 39.0 Å². The fourth-order valence-corrected chi connectivity index (χ4v) is 3.02. The second-order valence-corrected chi connectivity index (χ2v) is 6.58. The van der Waals surface area contributed by atoms with Crippen molar-refractivity contribution in [1.29, 1.82) is 0 Å². The van der Waals surface area contributed by atoms with E-state index in [1.807, 2.05) is 6.07 Å². The minimum Gasteiger partial charge on any atom is -0.481 e. The van der Waals surface area contributed by atoms with E-state index in [4.69, 9.17) is 5.11 Å². The van der Waals surface area contributed by atoms with Gasteiger partial charge >= 0.3 is 5.97 Å². The molecule has 0 aliphatic carbocycles. The first-order valence-electron chi connectivity index (χ1n) is 5.62. The van der Waals surface area contributed by atoms with Crippen LogP contribution in [0, 0.1) is 0 Å². The highest BCUT2D eigenvalue weighted by Gasteiger charge is 2.17. The first-order valence-corrected chi connectivity index (χ1v) is 7.23. The number of thiophene rings is 1. The molecule has 1 N–H and O–H groups in total. The van der Waals surface area contributed by atoms with Gasteiger partial charge in [0, 0.05) is 5.56 Å². The molecule has 0 aliphatic rings. The van der Waals surface area contributed by atoms with Gasteiger partial charge < -0.3 is 5.11 Å². The lowest BCUT2D eigenvalue weighted by molar-refractivity contribution is -0.138. The van der Waals surface area contributed by atoms with Crippen molar-refractivity contribution in [3.05, 3.63) is 56.2 Å². The van der Waals surface area contributed by atoms with E-state index in [9.17, 15) is 9.59 Å². The van der Waals surface area contributed by atoms with E-state index in [-0.39, 0.29) is 5.78 Å². The zero-order valence-electron chi connectivity index (χ0n) is 10.1. The summed E-state index contributed by atoms with van der Waals surface area (Å²) in [6, 6.07) is 10.4. The van der Waals surface area contributed by atoms with Crippen LogP contribution in [0.25, 0.3) is 0 Å². The van der Waals surface area contributed by atoms with Crippen LogP contribution in [0.3, 0.4) is 0 Å². The molecule has 1 unspecified atom stereocenters. The van der Waals surface area contributed by atoms with Crippen LogP contribution in [0.1, 0.15) is 33.6 Å². The first-order chi connectivity index (χ1) is 8.99. The second-order valence-electron chi connectivity index (χ2n) is 4.12. The van der Waals surface area contributed by atoms with Gasteiger partial charge in [-0.1, -0.05) is 18.2 Å². The molecule has 0 radical (unpaired) electrons. The third-order valence-corrected chi connectivity index (χ3v) is 4.44. The quantitative estimate of drug-likeness (QED) is 0.859. The van der Waals surface area contributed by atoms with Gasteiger partial charge in [-0.15, -0.1) is 11.3 Å². The van der Waals surface area contributed by atoms with Gasteiger partial charge in [0.2, 0.25) is 5.78 Å². The molecule has 3 nitrogen and oxygen atoms in total. The van der Waals surface area contributed by atoms with Crippen molar-refractivity contribution in [1.82, 2.24) is 0 Å². The summed E-state index contributed by atoms with van der Waals surface area (Å²) in [7, 11) is 0. The minimum absolute atomic E-state index is 0.0878. The van der Waals surface area contributed by atoms with E-state index in [0.29, 0.717) is 16.0 Å². The molecule has 0 bridgehead atoms. The van der Waals surface area contributed by atoms with Crippen LogP contribution < -0.4 is 0 Å². The Morgan fingerprint density at radius 3 is 2.58 bits per heavy atom. The van der Waals surface area contributed by atoms with Crippen LogP contribution in [0.5, 0.6) is 0 Å². The first kappa shape index (κ1) is 14.0. The molecule has 2 aromatic rings. The summed E-state index contributed by atoms with van der Waals surface area (Å²) in [5, 5.41) is 9.00. The maximum atomic E-state index is 12.2. The number of carbonyl (C=O) groups is 2. The van der Waals surface area contributed by atoms with Gasteiger partial charge in [0.15, 0.2) is 0 Å². The summed E-state index contributed by atoms with van der Waals surface area (Å²) >= 11 is 4.68. The number of halogens is 1. The number of carboxylic acids is 1. The largest absolute Gasteiger partial charge is 0.481 e. The lowest BCUT2D eigenvalue weighted by Gasteiger charge is -2.07. The Labute approximate surface area is 123 Å². The average molecular weight is 339 g/mol. The monoisotopic (exact) mass is 338 g/mol. The molecule has 2 rings (SSSR count). The van der Waals surface area contributed by atoms with Crippen LogP contribution in [-0.2, 0) is 4.79 Å². The molecule has 1 atom stereocenters. The molecule has 0 spiro atoms. The maximum Gasteiger partial charge on any atom is 0.310 e. The lowest BCUT2D eigenvalue weighted by Crippen LogP contribution is -2.08. The molecule has 0 amide bonds. The Bertz CT molecular complexity index is 633. The molecule has 0 aliphatic heterocycles. The van der Waals surface area contributed by atoms with Gasteiger partial charge in [-0.25, -0.2) is 0 Å². The highest BCUT2D eigenvalue weighted by atomic mass is 79.9. The lowest BCUT2D eigenvalue weighted by atomic mass is 9.97.